The molecule has 1 aliphatic heterocycles. The summed E-state index contributed by atoms with van der Waals surface area (Å²) in [6, 6.07) is 4.60. The van der Waals surface area contributed by atoms with Crippen LogP contribution in [0.5, 0.6) is 0 Å². The summed E-state index contributed by atoms with van der Waals surface area (Å²) in [5, 5.41) is 0. The van der Waals surface area contributed by atoms with Gasteiger partial charge in [-0.1, -0.05) is 0 Å². The first-order valence-electron chi connectivity index (χ1n) is 7.80. The number of pyridine rings is 1. The summed E-state index contributed by atoms with van der Waals surface area (Å²) in [5.74, 6) is 0.212. The highest BCUT2D eigenvalue weighted by Gasteiger charge is 2.26. The van der Waals surface area contributed by atoms with Crippen molar-refractivity contribution in [2.45, 2.75) is 31.7 Å². The predicted octanol–water partition coefficient (Wildman–Crippen LogP) is 1.42. The van der Waals surface area contributed by atoms with Gasteiger partial charge in [-0.25, -0.2) is 0 Å². The van der Waals surface area contributed by atoms with E-state index in [9.17, 15) is 4.79 Å². The minimum atomic E-state index is 0.212. The molecule has 2 N–H and O–H groups in total. The van der Waals surface area contributed by atoms with E-state index in [1.165, 1.54) is 18.4 Å². The molecule has 0 radical (unpaired) electrons. The number of nitrogens with zero attached hydrogens (tertiary/aromatic N) is 3. The zero-order valence-electron chi connectivity index (χ0n) is 12.9. The second-order valence-corrected chi connectivity index (χ2v) is 5.68. The molecule has 0 bridgehead atoms. The van der Waals surface area contributed by atoms with Gasteiger partial charge in [0, 0.05) is 45.0 Å². The molecule has 5 nitrogen and oxygen atoms in total. The van der Waals surface area contributed by atoms with E-state index >= 15 is 0 Å². The molecule has 2 rings (SSSR count). The van der Waals surface area contributed by atoms with Gasteiger partial charge in [-0.2, -0.15) is 0 Å². The van der Waals surface area contributed by atoms with Gasteiger partial charge in [-0.05, 0) is 50.0 Å². The monoisotopic (exact) mass is 290 g/mol. The van der Waals surface area contributed by atoms with Crippen molar-refractivity contribution >= 4 is 5.91 Å². The van der Waals surface area contributed by atoms with Gasteiger partial charge < -0.3 is 10.6 Å². The van der Waals surface area contributed by atoms with Crippen LogP contribution in [-0.4, -0.2) is 53.9 Å². The van der Waals surface area contributed by atoms with Crippen molar-refractivity contribution in [1.82, 2.24) is 14.8 Å². The molecular weight excluding hydrogens is 264 g/mol. The van der Waals surface area contributed by atoms with E-state index in [0.717, 1.165) is 26.1 Å². The number of rotatable bonds is 7. The molecule has 1 fully saturated rings. The molecule has 5 heteroatoms. The van der Waals surface area contributed by atoms with Crippen LogP contribution >= 0.6 is 0 Å². The van der Waals surface area contributed by atoms with Gasteiger partial charge in [-0.3, -0.25) is 14.7 Å². The maximum Gasteiger partial charge on any atom is 0.223 e. The summed E-state index contributed by atoms with van der Waals surface area (Å²) >= 11 is 0. The fourth-order valence-electron chi connectivity index (χ4n) is 2.94. The van der Waals surface area contributed by atoms with Crippen LogP contribution in [0.2, 0.25) is 0 Å². The van der Waals surface area contributed by atoms with Crippen molar-refractivity contribution in [2.24, 2.45) is 5.73 Å². The number of hydrogen-bond donors (Lipinski definition) is 1. The zero-order valence-corrected chi connectivity index (χ0v) is 12.9. The van der Waals surface area contributed by atoms with Crippen LogP contribution in [-0.2, 0) is 4.79 Å². The summed E-state index contributed by atoms with van der Waals surface area (Å²) in [6.07, 6.45) is 7.51. The van der Waals surface area contributed by atoms with Crippen LogP contribution in [0.4, 0.5) is 0 Å². The second-order valence-electron chi connectivity index (χ2n) is 5.68. The molecule has 0 aromatic carbocycles. The summed E-state index contributed by atoms with van der Waals surface area (Å²) in [7, 11) is 1.86. The average molecular weight is 290 g/mol. The molecule has 0 saturated carbocycles. The standard InChI is InChI=1S/C16H26N4O/c1-19(11-3-8-17)16(21)7-13-20-12-2-4-15(20)14-5-9-18-10-6-14/h5-6,9-10,15H,2-4,7-8,11-13,17H2,1H3. The Morgan fingerprint density at radius 1 is 1.48 bits per heavy atom. The fourth-order valence-corrected chi connectivity index (χ4v) is 2.94. The Morgan fingerprint density at radius 3 is 2.95 bits per heavy atom. The normalized spacial score (nSPS) is 18.9. The molecular formula is C16H26N4O. The molecule has 21 heavy (non-hydrogen) atoms. The second kappa shape index (κ2) is 8.10. The molecule has 2 heterocycles. The Hall–Kier alpha value is -1.46. The molecule has 1 saturated heterocycles. The quantitative estimate of drug-likeness (QED) is 0.825. The maximum atomic E-state index is 12.1. The van der Waals surface area contributed by atoms with E-state index in [2.05, 4.69) is 22.0 Å². The highest BCUT2D eigenvalue weighted by Crippen LogP contribution is 2.31. The van der Waals surface area contributed by atoms with Gasteiger partial charge in [0.2, 0.25) is 5.91 Å². The smallest absolute Gasteiger partial charge is 0.223 e. The zero-order chi connectivity index (χ0) is 15.1. The first-order valence-corrected chi connectivity index (χ1v) is 7.80. The largest absolute Gasteiger partial charge is 0.346 e. The minimum Gasteiger partial charge on any atom is -0.346 e. The lowest BCUT2D eigenvalue weighted by Gasteiger charge is -2.25. The van der Waals surface area contributed by atoms with E-state index in [1.54, 1.807) is 4.90 Å². The van der Waals surface area contributed by atoms with Crippen LogP contribution in [0.15, 0.2) is 24.5 Å². The Morgan fingerprint density at radius 2 is 2.24 bits per heavy atom. The molecule has 1 atom stereocenters. The average Bonchev–Trinajstić information content (AvgIpc) is 2.99. The van der Waals surface area contributed by atoms with Crippen molar-refractivity contribution in [2.75, 3.05) is 33.2 Å². The lowest BCUT2D eigenvalue weighted by atomic mass is 10.1. The van der Waals surface area contributed by atoms with Crippen molar-refractivity contribution < 1.29 is 4.79 Å². The van der Waals surface area contributed by atoms with Crippen LogP contribution in [0.3, 0.4) is 0 Å². The summed E-state index contributed by atoms with van der Waals surface area (Å²) in [4.78, 5) is 20.4. The van der Waals surface area contributed by atoms with Gasteiger partial charge in [0.05, 0.1) is 0 Å². The first-order chi connectivity index (χ1) is 10.2. The first kappa shape index (κ1) is 15.9. The van der Waals surface area contributed by atoms with Gasteiger partial charge in [0.15, 0.2) is 0 Å². The van der Waals surface area contributed by atoms with Crippen LogP contribution in [0.25, 0.3) is 0 Å². The Kier molecular flexibility index (Phi) is 6.14. The van der Waals surface area contributed by atoms with Gasteiger partial charge in [-0.15, -0.1) is 0 Å². The lowest BCUT2D eigenvalue weighted by Crippen LogP contribution is -2.33. The van der Waals surface area contributed by atoms with E-state index in [-0.39, 0.29) is 5.91 Å². The lowest BCUT2D eigenvalue weighted by molar-refractivity contribution is -0.130. The molecule has 1 aliphatic rings. The maximum absolute atomic E-state index is 12.1. The number of likely N-dealkylation sites (tertiary alicyclic amines) is 1. The molecule has 1 unspecified atom stereocenters. The van der Waals surface area contributed by atoms with Crippen molar-refractivity contribution in [3.05, 3.63) is 30.1 Å². The van der Waals surface area contributed by atoms with E-state index in [4.69, 9.17) is 5.73 Å². The van der Waals surface area contributed by atoms with Crippen molar-refractivity contribution in [3.8, 4) is 0 Å². The summed E-state index contributed by atoms with van der Waals surface area (Å²) < 4.78 is 0. The number of amides is 1. The third-order valence-electron chi connectivity index (χ3n) is 4.19. The fraction of sp³-hybridized carbons (Fsp3) is 0.625. The molecule has 1 aromatic heterocycles. The number of hydrogen-bond acceptors (Lipinski definition) is 4. The predicted molar refractivity (Wildman–Crippen MR) is 83.7 cm³/mol. The van der Waals surface area contributed by atoms with E-state index in [1.807, 2.05) is 19.4 Å². The molecule has 1 aromatic rings. The van der Waals surface area contributed by atoms with E-state index in [0.29, 0.717) is 19.0 Å². The number of carbonyl (C=O) groups is 1. The van der Waals surface area contributed by atoms with Crippen LogP contribution in [0.1, 0.15) is 37.3 Å². The summed E-state index contributed by atoms with van der Waals surface area (Å²) in [6.45, 7) is 3.29. The Balaban J connectivity index is 1.83. The molecule has 0 aliphatic carbocycles. The highest BCUT2D eigenvalue weighted by molar-refractivity contribution is 5.76. The number of carbonyl (C=O) groups excluding carboxylic acids is 1. The Labute approximate surface area is 127 Å². The van der Waals surface area contributed by atoms with Crippen molar-refractivity contribution in [1.29, 1.82) is 0 Å². The van der Waals surface area contributed by atoms with Crippen molar-refractivity contribution in [3.63, 3.8) is 0 Å². The third kappa shape index (κ3) is 4.51. The molecule has 1 amide bonds. The molecule has 0 spiro atoms. The van der Waals surface area contributed by atoms with E-state index < -0.39 is 0 Å². The van der Waals surface area contributed by atoms with Crippen LogP contribution < -0.4 is 5.73 Å². The third-order valence-corrected chi connectivity index (χ3v) is 4.19. The topological polar surface area (TPSA) is 62.5 Å². The SMILES string of the molecule is CN(CCCN)C(=O)CCN1CCCC1c1ccncc1. The number of aromatic nitrogens is 1. The van der Waals surface area contributed by atoms with Gasteiger partial charge in [0.1, 0.15) is 0 Å². The van der Waals surface area contributed by atoms with Gasteiger partial charge in [0.25, 0.3) is 0 Å². The summed E-state index contributed by atoms with van der Waals surface area (Å²) in [5.41, 5.74) is 6.79. The Bertz CT molecular complexity index is 437. The van der Waals surface area contributed by atoms with Gasteiger partial charge >= 0.3 is 0 Å². The highest BCUT2D eigenvalue weighted by atomic mass is 16.2. The number of nitrogens with two attached hydrogens (primary N) is 1. The van der Waals surface area contributed by atoms with Crippen LogP contribution in [0, 0.1) is 0 Å². The molecule has 116 valence electrons. The minimum absolute atomic E-state index is 0.212.